The van der Waals surface area contributed by atoms with E-state index in [4.69, 9.17) is 0 Å². The Morgan fingerprint density at radius 1 is 1.21 bits per heavy atom. The quantitative estimate of drug-likeness (QED) is 0.652. The number of carbonyl (C=O) groups is 1. The smallest absolute Gasteiger partial charge is 0.243 e. The normalized spacial score (nSPS) is 17.3. The highest BCUT2D eigenvalue weighted by Gasteiger charge is 2.30. The number of nitrogens with zero attached hydrogens (tertiary/aromatic N) is 3. The molecule has 1 aliphatic heterocycles. The summed E-state index contributed by atoms with van der Waals surface area (Å²) in [5, 5.41) is 2.91. The fraction of sp³-hybridized carbons (Fsp3) is 0.650. The highest BCUT2D eigenvalue weighted by molar-refractivity contribution is 7.92. The fourth-order valence-corrected chi connectivity index (χ4v) is 4.70. The number of piperazine rings is 1. The zero-order valence-electron chi connectivity index (χ0n) is 17.7. The summed E-state index contributed by atoms with van der Waals surface area (Å²) in [6.45, 7) is 11.1. The second-order valence-corrected chi connectivity index (χ2v) is 9.67. The lowest BCUT2D eigenvalue weighted by Crippen LogP contribution is -2.49. The molecular weight excluding hydrogens is 376 g/mol. The Hall–Kier alpha value is -1.64. The lowest BCUT2D eigenvalue weighted by Gasteiger charge is -2.32. The molecular formula is C20H34N4O3S. The maximum atomic E-state index is 12.7. The molecule has 1 aromatic carbocycles. The second kappa shape index (κ2) is 9.71. The SMILES string of the molecule is Cc1ccc(C)c(N(C(C)C(=O)NCCCN2CCN(C)CC2)S(C)(=O)=O)c1. The largest absolute Gasteiger partial charge is 0.354 e. The van der Waals surface area contributed by atoms with Gasteiger partial charge in [-0.2, -0.15) is 0 Å². The zero-order valence-corrected chi connectivity index (χ0v) is 18.6. The minimum atomic E-state index is -3.59. The molecule has 1 aliphatic rings. The van der Waals surface area contributed by atoms with Crippen LogP contribution < -0.4 is 9.62 Å². The summed E-state index contributed by atoms with van der Waals surface area (Å²) in [5.74, 6) is -0.273. The molecule has 1 aromatic rings. The molecule has 1 amide bonds. The number of likely N-dealkylation sites (N-methyl/N-ethyl adjacent to an activating group) is 1. The number of amides is 1. The number of hydrogen-bond acceptors (Lipinski definition) is 5. The van der Waals surface area contributed by atoms with E-state index >= 15 is 0 Å². The predicted molar refractivity (Wildman–Crippen MR) is 114 cm³/mol. The third-order valence-corrected chi connectivity index (χ3v) is 6.46. The summed E-state index contributed by atoms with van der Waals surface area (Å²) in [7, 11) is -1.47. The standard InChI is InChI=1S/C20H34N4O3S/c1-16-7-8-17(2)19(15-16)24(28(5,26)27)18(3)20(25)21-9-6-10-23-13-11-22(4)12-14-23/h7-8,15,18H,6,9-14H2,1-5H3,(H,21,25). The number of sulfonamides is 1. The summed E-state index contributed by atoms with van der Waals surface area (Å²) in [6, 6.07) is 4.82. The van der Waals surface area contributed by atoms with Gasteiger partial charge in [-0.3, -0.25) is 9.10 Å². The number of hydrogen-bond donors (Lipinski definition) is 1. The van der Waals surface area contributed by atoms with Gasteiger partial charge in [0, 0.05) is 32.7 Å². The topological polar surface area (TPSA) is 73.0 Å². The van der Waals surface area contributed by atoms with Gasteiger partial charge in [0.1, 0.15) is 6.04 Å². The van der Waals surface area contributed by atoms with Crippen LogP contribution in [0.2, 0.25) is 0 Å². The average molecular weight is 411 g/mol. The Kier molecular flexibility index (Phi) is 7.86. The maximum absolute atomic E-state index is 12.7. The van der Waals surface area contributed by atoms with Crippen LogP contribution in [-0.2, 0) is 14.8 Å². The first kappa shape index (κ1) is 22.6. The van der Waals surface area contributed by atoms with Gasteiger partial charge < -0.3 is 15.1 Å². The van der Waals surface area contributed by atoms with E-state index in [-0.39, 0.29) is 5.91 Å². The summed E-state index contributed by atoms with van der Waals surface area (Å²) in [4.78, 5) is 17.4. The Labute approximate surface area is 169 Å². The van der Waals surface area contributed by atoms with E-state index in [1.54, 1.807) is 6.92 Å². The molecule has 1 atom stereocenters. The van der Waals surface area contributed by atoms with Crippen LogP contribution in [-0.4, -0.2) is 82.7 Å². The van der Waals surface area contributed by atoms with E-state index in [9.17, 15) is 13.2 Å². The molecule has 1 N–H and O–H groups in total. The number of carbonyl (C=O) groups excluding carboxylic acids is 1. The van der Waals surface area contributed by atoms with Gasteiger partial charge in [0.15, 0.2) is 0 Å². The molecule has 0 aliphatic carbocycles. The summed E-state index contributed by atoms with van der Waals surface area (Å²) < 4.78 is 26.1. The van der Waals surface area contributed by atoms with Crippen LogP contribution in [0.3, 0.4) is 0 Å². The van der Waals surface area contributed by atoms with Gasteiger partial charge >= 0.3 is 0 Å². The van der Waals surface area contributed by atoms with Crippen molar-refractivity contribution in [2.75, 3.05) is 56.9 Å². The Balaban J connectivity index is 1.95. The number of aryl methyl sites for hydroxylation is 2. The molecule has 1 unspecified atom stereocenters. The van der Waals surface area contributed by atoms with E-state index in [0.717, 1.165) is 56.5 Å². The summed E-state index contributed by atoms with van der Waals surface area (Å²) in [6.07, 6.45) is 2.00. The minimum absolute atomic E-state index is 0.273. The van der Waals surface area contributed by atoms with Gasteiger partial charge in [-0.15, -0.1) is 0 Å². The molecule has 0 saturated carbocycles. The van der Waals surface area contributed by atoms with Crippen molar-refractivity contribution in [3.05, 3.63) is 29.3 Å². The van der Waals surface area contributed by atoms with Crippen LogP contribution in [0.1, 0.15) is 24.5 Å². The Morgan fingerprint density at radius 2 is 1.86 bits per heavy atom. The first-order valence-electron chi connectivity index (χ1n) is 9.85. The van der Waals surface area contributed by atoms with Crippen molar-refractivity contribution in [1.82, 2.24) is 15.1 Å². The molecule has 2 rings (SSSR count). The van der Waals surface area contributed by atoms with Crippen LogP contribution >= 0.6 is 0 Å². The molecule has 28 heavy (non-hydrogen) atoms. The van der Waals surface area contributed by atoms with Crippen LogP contribution in [0, 0.1) is 13.8 Å². The van der Waals surface area contributed by atoms with Crippen molar-refractivity contribution < 1.29 is 13.2 Å². The first-order valence-corrected chi connectivity index (χ1v) is 11.7. The van der Waals surface area contributed by atoms with Gasteiger partial charge in [0.05, 0.1) is 11.9 Å². The zero-order chi connectivity index (χ0) is 20.9. The van der Waals surface area contributed by atoms with Crippen molar-refractivity contribution in [3.63, 3.8) is 0 Å². The van der Waals surface area contributed by atoms with Gasteiger partial charge in [-0.05, 0) is 58.0 Å². The number of nitrogens with one attached hydrogen (secondary N) is 1. The lowest BCUT2D eigenvalue weighted by molar-refractivity contribution is -0.121. The molecule has 0 spiro atoms. The van der Waals surface area contributed by atoms with Crippen molar-refractivity contribution in [2.24, 2.45) is 0 Å². The summed E-state index contributed by atoms with van der Waals surface area (Å²) >= 11 is 0. The highest BCUT2D eigenvalue weighted by Crippen LogP contribution is 2.26. The molecule has 0 radical (unpaired) electrons. The molecule has 1 saturated heterocycles. The molecule has 0 bridgehead atoms. The predicted octanol–water partition coefficient (Wildman–Crippen LogP) is 1.21. The molecule has 0 aromatic heterocycles. The van der Waals surface area contributed by atoms with E-state index < -0.39 is 16.1 Å². The van der Waals surface area contributed by atoms with Gasteiger partial charge in [-0.25, -0.2) is 8.42 Å². The third-order valence-electron chi connectivity index (χ3n) is 5.24. The van der Waals surface area contributed by atoms with Crippen molar-refractivity contribution in [1.29, 1.82) is 0 Å². The van der Waals surface area contributed by atoms with Crippen LogP contribution in [0.25, 0.3) is 0 Å². The van der Waals surface area contributed by atoms with Crippen molar-refractivity contribution >= 4 is 21.6 Å². The van der Waals surface area contributed by atoms with E-state index in [0.29, 0.717) is 12.2 Å². The first-order chi connectivity index (χ1) is 13.1. The van der Waals surface area contributed by atoms with E-state index in [1.807, 2.05) is 32.0 Å². The Bertz CT molecular complexity index is 774. The second-order valence-electron chi connectivity index (χ2n) is 7.81. The number of benzene rings is 1. The highest BCUT2D eigenvalue weighted by atomic mass is 32.2. The van der Waals surface area contributed by atoms with Crippen LogP contribution in [0.5, 0.6) is 0 Å². The van der Waals surface area contributed by atoms with Crippen molar-refractivity contribution in [3.8, 4) is 0 Å². The van der Waals surface area contributed by atoms with Gasteiger partial charge in [0.2, 0.25) is 15.9 Å². The van der Waals surface area contributed by atoms with E-state index in [1.165, 1.54) is 4.31 Å². The third kappa shape index (κ3) is 6.18. The van der Waals surface area contributed by atoms with Crippen LogP contribution in [0.4, 0.5) is 5.69 Å². The molecule has 7 nitrogen and oxygen atoms in total. The molecule has 1 heterocycles. The summed E-state index contributed by atoms with van der Waals surface area (Å²) in [5.41, 5.74) is 2.34. The molecule has 158 valence electrons. The monoisotopic (exact) mass is 410 g/mol. The molecule has 8 heteroatoms. The number of anilines is 1. The van der Waals surface area contributed by atoms with Crippen LogP contribution in [0.15, 0.2) is 18.2 Å². The number of rotatable bonds is 8. The lowest BCUT2D eigenvalue weighted by atomic mass is 10.1. The van der Waals surface area contributed by atoms with Gasteiger partial charge in [0.25, 0.3) is 0 Å². The van der Waals surface area contributed by atoms with Crippen molar-refractivity contribution in [2.45, 2.75) is 33.2 Å². The Morgan fingerprint density at radius 3 is 2.46 bits per heavy atom. The maximum Gasteiger partial charge on any atom is 0.243 e. The average Bonchev–Trinajstić information content (AvgIpc) is 2.62. The minimum Gasteiger partial charge on any atom is -0.354 e. The van der Waals surface area contributed by atoms with Gasteiger partial charge in [-0.1, -0.05) is 12.1 Å². The fourth-order valence-electron chi connectivity index (χ4n) is 3.47. The van der Waals surface area contributed by atoms with E-state index in [2.05, 4.69) is 22.2 Å². The molecule has 1 fully saturated rings.